The number of para-hydroxylation sites is 1. The average Bonchev–Trinajstić information content (AvgIpc) is 3.23. The van der Waals surface area contributed by atoms with Gasteiger partial charge in [0.2, 0.25) is 6.41 Å². The molecule has 5 heteroatoms. The van der Waals surface area contributed by atoms with E-state index in [1.807, 2.05) is 30.3 Å². The molecule has 1 saturated carbocycles. The number of aliphatic imine (C=N–C) groups is 1. The lowest BCUT2D eigenvalue weighted by atomic mass is 9.96. The van der Waals surface area contributed by atoms with Crippen LogP contribution in [0, 0.1) is 0 Å². The van der Waals surface area contributed by atoms with Crippen molar-refractivity contribution in [3.63, 3.8) is 0 Å². The van der Waals surface area contributed by atoms with Crippen LogP contribution < -0.4 is 11.1 Å². The fourth-order valence-corrected chi connectivity index (χ4v) is 3.81. The first kappa shape index (κ1) is 17.2. The number of nitrogens with zero attached hydrogens (tertiary/aromatic N) is 2. The largest absolute Gasteiger partial charge is 0.369 e. The molecule has 4 rings (SSSR count). The van der Waals surface area contributed by atoms with E-state index >= 15 is 0 Å². The van der Waals surface area contributed by atoms with Crippen LogP contribution in [0.4, 0.5) is 5.69 Å². The van der Waals surface area contributed by atoms with Crippen molar-refractivity contribution < 1.29 is 4.79 Å². The van der Waals surface area contributed by atoms with Crippen molar-refractivity contribution in [2.75, 3.05) is 0 Å². The van der Waals surface area contributed by atoms with Crippen molar-refractivity contribution in [1.29, 1.82) is 0 Å². The number of guanidine groups is 1. The van der Waals surface area contributed by atoms with Gasteiger partial charge in [0.05, 0.1) is 16.9 Å². The Morgan fingerprint density at radius 3 is 2.59 bits per heavy atom. The number of carbonyl (C=O) groups is 1. The molecule has 0 bridgehead atoms. The van der Waals surface area contributed by atoms with Gasteiger partial charge in [0.1, 0.15) is 0 Å². The zero-order chi connectivity index (χ0) is 18.6. The van der Waals surface area contributed by atoms with E-state index in [9.17, 15) is 4.79 Å². The Bertz CT molecular complexity index is 989. The summed E-state index contributed by atoms with van der Waals surface area (Å²) in [6, 6.07) is 18.4. The minimum Gasteiger partial charge on any atom is -0.369 e. The standard InChI is InChI=1S/C22H22N4O/c23-22(24-14-27)26-21-13-20(25-19-8-4-3-7-18(19)21)17-11-9-16(10-12-17)15-5-1-2-6-15/h3-4,7-15H,1-2,5-6H2,(H3,23,24,25,26,27). The molecule has 1 fully saturated rings. The lowest BCUT2D eigenvalue weighted by Gasteiger charge is -2.11. The second-order valence-electron chi connectivity index (χ2n) is 6.91. The molecular weight excluding hydrogens is 336 g/mol. The maximum Gasteiger partial charge on any atom is 0.213 e. The topological polar surface area (TPSA) is 80.4 Å². The van der Waals surface area contributed by atoms with Crippen molar-refractivity contribution >= 4 is 29.0 Å². The lowest BCUT2D eigenvalue weighted by Crippen LogP contribution is -2.29. The molecule has 0 saturated heterocycles. The Labute approximate surface area is 158 Å². The monoisotopic (exact) mass is 358 g/mol. The minimum absolute atomic E-state index is 0.0592. The van der Waals surface area contributed by atoms with Crippen LogP contribution in [0.25, 0.3) is 22.2 Å². The molecule has 0 unspecified atom stereocenters. The Morgan fingerprint density at radius 2 is 1.85 bits per heavy atom. The van der Waals surface area contributed by atoms with Crippen molar-refractivity contribution in [2.45, 2.75) is 31.6 Å². The van der Waals surface area contributed by atoms with Crippen molar-refractivity contribution in [1.82, 2.24) is 10.3 Å². The van der Waals surface area contributed by atoms with E-state index in [2.05, 4.69) is 34.6 Å². The Hall–Kier alpha value is -3.21. The van der Waals surface area contributed by atoms with Gasteiger partial charge in [0, 0.05) is 10.9 Å². The summed E-state index contributed by atoms with van der Waals surface area (Å²) in [7, 11) is 0. The Kier molecular flexibility index (Phi) is 4.83. The molecule has 2 aromatic carbocycles. The van der Waals surface area contributed by atoms with E-state index in [-0.39, 0.29) is 5.96 Å². The van der Waals surface area contributed by atoms with Crippen LogP contribution in [0.3, 0.4) is 0 Å². The Balaban J connectivity index is 1.75. The molecule has 136 valence electrons. The van der Waals surface area contributed by atoms with Gasteiger partial charge < -0.3 is 5.73 Å². The van der Waals surface area contributed by atoms with Gasteiger partial charge in [0.15, 0.2) is 5.96 Å². The highest BCUT2D eigenvalue weighted by Crippen LogP contribution is 2.35. The SMILES string of the molecule is NC(=Nc1cc(-c2ccc(C3CCCC3)cc2)nc2ccccc12)NC=O. The molecule has 0 radical (unpaired) electrons. The zero-order valence-corrected chi connectivity index (χ0v) is 15.1. The summed E-state index contributed by atoms with van der Waals surface area (Å²) in [6.07, 6.45) is 5.75. The van der Waals surface area contributed by atoms with Crippen molar-refractivity contribution in [3.8, 4) is 11.3 Å². The summed E-state index contributed by atoms with van der Waals surface area (Å²) in [6.45, 7) is 0. The quantitative estimate of drug-likeness (QED) is 0.416. The van der Waals surface area contributed by atoms with E-state index < -0.39 is 0 Å². The first-order valence-electron chi connectivity index (χ1n) is 9.29. The molecule has 1 heterocycles. The third-order valence-corrected chi connectivity index (χ3v) is 5.18. The molecule has 3 N–H and O–H groups in total. The van der Waals surface area contributed by atoms with Crippen LogP contribution in [-0.4, -0.2) is 17.4 Å². The van der Waals surface area contributed by atoms with Crippen molar-refractivity contribution in [3.05, 3.63) is 60.2 Å². The van der Waals surface area contributed by atoms with E-state index in [0.29, 0.717) is 18.0 Å². The summed E-state index contributed by atoms with van der Waals surface area (Å²) in [5, 5.41) is 3.27. The molecule has 0 spiro atoms. The minimum atomic E-state index is 0.0592. The maximum absolute atomic E-state index is 10.6. The van der Waals surface area contributed by atoms with Gasteiger partial charge in [0.25, 0.3) is 0 Å². The van der Waals surface area contributed by atoms with Gasteiger partial charge >= 0.3 is 0 Å². The number of carbonyl (C=O) groups excluding carboxylic acids is 1. The van der Waals surface area contributed by atoms with Crippen LogP contribution in [0.1, 0.15) is 37.2 Å². The van der Waals surface area contributed by atoms with Gasteiger partial charge in [-0.3, -0.25) is 10.1 Å². The number of aromatic nitrogens is 1. The number of rotatable bonds is 4. The van der Waals surface area contributed by atoms with Gasteiger partial charge in [-0.15, -0.1) is 0 Å². The third-order valence-electron chi connectivity index (χ3n) is 5.18. The van der Waals surface area contributed by atoms with Crippen LogP contribution in [-0.2, 0) is 4.79 Å². The highest BCUT2D eigenvalue weighted by atomic mass is 16.1. The predicted molar refractivity (Wildman–Crippen MR) is 109 cm³/mol. The molecule has 3 aromatic rings. The Morgan fingerprint density at radius 1 is 1.11 bits per heavy atom. The second kappa shape index (κ2) is 7.58. The molecule has 27 heavy (non-hydrogen) atoms. The van der Waals surface area contributed by atoms with Crippen LogP contribution in [0.5, 0.6) is 0 Å². The highest BCUT2D eigenvalue weighted by molar-refractivity contribution is 5.97. The van der Waals surface area contributed by atoms with E-state index in [1.165, 1.54) is 31.2 Å². The molecule has 0 atom stereocenters. The van der Waals surface area contributed by atoms with Crippen LogP contribution in [0.15, 0.2) is 59.6 Å². The number of benzene rings is 2. The highest BCUT2D eigenvalue weighted by Gasteiger charge is 2.17. The molecule has 1 amide bonds. The van der Waals surface area contributed by atoms with Gasteiger partial charge in [-0.05, 0) is 36.5 Å². The number of fused-ring (bicyclic) bond motifs is 1. The summed E-state index contributed by atoms with van der Waals surface area (Å²) in [5.41, 5.74) is 10.6. The molecule has 1 aliphatic carbocycles. The molecule has 0 aliphatic heterocycles. The molecular formula is C22H22N4O. The number of amides is 1. The summed E-state index contributed by atoms with van der Waals surface area (Å²) in [4.78, 5) is 19.8. The zero-order valence-electron chi connectivity index (χ0n) is 15.1. The summed E-state index contributed by atoms with van der Waals surface area (Å²) < 4.78 is 0. The number of hydrogen-bond donors (Lipinski definition) is 2. The smallest absolute Gasteiger partial charge is 0.213 e. The van der Waals surface area contributed by atoms with Crippen molar-refractivity contribution in [2.24, 2.45) is 10.7 Å². The summed E-state index contributed by atoms with van der Waals surface area (Å²) >= 11 is 0. The first-order chi connectivity index (χ1) is 13.2. The molecule has 1 aliphatic rings. The number of nitrogens with two attached hydrogens (primary N) is 1. The molecule has 1 aromatic heterocycles. The predicted octanol–water partition coefficient (Wildman–Crippen LogP) is 4.25. The number of hydrogen-bond acceptors (Lipinski definition) is 3. The van der Waals surface area contributed by atoms with Crippen LogP contribution >= 0.6 is 0 Å². The average molecular weight is 358 g/mol. The fraction of sp³-hybridized carbons (Fsp3) is 0.227. The van der Waals surface area contributed by atoms with E-state index in [0.717, 1.165) is 22.2 Å². The normalized spacial score (nSPS) is 15.2. The third kappa shape index (κ3) is 3.67. The molecule has 5 nitrogen and oxygen atoms in total. The maximum atomic E-state index is 10.6. The summed E-state index contributed by atoms with van der Waals surface area (Å²) in [5.74, 6) is 0.752. The van der Waals surface area contributed by atoms with E-state index in [4.69, 9.17) is 10.7 Å². The second-order valence-corrected chi connectivity index (χ2v) is 6.91. The lowest BCUT2D eigenvalue weighted by molar-refractivity contribution is -0.108. The van der Waals surface area contributed by atoms with Gasteiger partial charge in [-0.25, -0.2) is 9.98 Å². The number of nitrogens with one attached hydrogen (secondary N) is 1. The van der Waals surface area contributed by atoms with E-state index in [1.54, 1.807) is 0 Å². The fourth-order valence-electron chi connectivity index (χ4n) is 3.81. The van der Waals surface area contributed by atoms with Crippen LogP contribution in [0.2, 0.25) is 0 Å². The van der Waals surface area contributed by atoms with Gasteiger partial charge in [-0.1, -0.05) is 55.3 Å². The van der Waals surface area contributed by atoms with Gasteiger partial charge in [-0.2, -0.15) is 0 Å². The number of pyridine rings is 1. The first-order valence-corrected chi connectivity index (χ1v) is 9.29.